The molecule has 0 fully saturated rings. The molecule has 0 aliphatic heterocycles. The summed E-state index contributed by atoms with van der Waals surface area (Å²) in [6, 6.07) is 5.85. The van der Waals surface area contributed by atoms with Gasteiger partial charge in [-0.1, -0.05) is 25.1 Å². The maximum absolute atomic E-state index is 11.5. The quantitative estimate of drug-likeness (QED) is 0.813. The van der Waals surface area contributed by atoms with Gasteiger partial charge in [-0.2, -0.15) is 0 Å². The Hall–Kier alpha value is -1.84. The van der Waals surface area contributed by atoms with Gasteiger partial charge in [-0.25, -0.2) is 0 Å². The molecular formula is C13H17NO3. The highest BCUT2D eigenvalue weighted by Crippen LogP contribution is 2.20. The van der Waals surface area contributed by atoms with Crippen molar-refractivity contribution in [2.24, 2.45) is 0 Å². The van der Waals surface area contributed by atoms with Crippen molar-refractivity contribution < 1.29 is 14.3 Å². The smallest absolute Gasteiger partial charge is 0.303 e. The largest absolute Gasteiger partial charge is 0.456 e. The number of carbonyl (C=O) groups is 2. The van der Waals surface area contributed by atoms with E-state index in [1.165, 1.54) is 6.92 Å². The monoisotopic (exact) mass is 235 g/mol. The molecule has 4 heteroatoms. The molecule has 0 aliphatic rings. The van der Waals surface area contributed by atoms with Crippen LogP contribution in [0.1, 0.15) is 25.0 Å². The third-order valence-corrected chi connectivity index (χ3v) is 2.41. The van der Waals surface area contributed by atoms with Crippen LogP contribution < -0.4 is 5.32 Å². The van der Waals surface area contributed by atoms with Crippen molar-refractivity contribution in [1.82, 2.24) is 0 Å². The number of ether oxygens (including phenoxy) is 1. The van der Waals surface area contributed by atoms with E-state index < -0.39 is 5.97 Å². The molecule has 17 heavy (non-hydrogen) atoms. The summed E-state index contributed by atoms with van der Waals surface area (Å²) < 4.78 is 4.64. The van der Waals surface area contributed by atoms with Gasteiger partial charge < -0.3 is 10.1 Å². The maximum Gasteiger partial charge on any atom is 0.303 e. The fraction of sp³-hybridized carbons (Fsp3) is 0.385. The van der Waals surface area contributed by atoms with Crippen LogP contribution in [0.3, 0.4) is 0 Å². The average Bonchev–Trinajstić information content (AvgIpc) is 2.29. The van der Waals surface area contributed by atoms with Crippen LogP contribution in [0, 0.1) is 6.92 Å². The summed E-state index contributed by atoms with van der Waals surface area (Å²) in [4.78, 5) is 22.1. The van der Waals surface area contributed by atoms with Crippen LogP contribution in [-0.4, -0.2) is 18.5 Å². The standard InChI is InChI=1S/C13H17NO3/c1-4-11-7-5-6-9(2)13(11)14-12(16)8-17-10(3)15/h5-7H,4,8H2,1-3H3,(H,14,16). The van der Waals surface area contributed by atoms with E-state index in [1.807, 2.05) is 32.0 Å². The van der Waals surface area contributed by atoms with E-state index >= 15 is 0 Å². The van der Waals surface area contributed by atoms with Gasteiger partial charge in [0.1, 0.15) is 0 Å². The van der Waals surface area contributed by atoms with E-state index in [1.54, 1.807) is 0 Å². The first kappa shape index (κ1) is 13.2. The van der Waals surface area contributed by atoms with Crippen LogP contribution in [-0.2, 0) is 20.7 Å². The van der Waals surface area contributed by atoms with Crippen molar-refractivity contribution in [2.45, 2.75) is 27.2 Å². The molecule has 4 nitrogen and oxygen atoms in total. The van der Waals surface area contributed by atoms with Crippen LogP contribution in [0.15, 0.2) is 18.2 Å². The molecule has 1 aromatic carbocycles. The predicted octanol–water partition coefficient (Wildman–Crippen LogP) is 2.06. The third kappa shape index (κ3) is 3.90. The van der Waals surface area contributed by atoms with Gasteiger partial charge in [-0.3, -0.25) is 9.59 Å². The minimum Gasteiger partial charge on any atom is -0.456 e. The zero-order valence-corrected chi connectivity index (χ0v) is 10.4. The molecule has 1 N–H and O–H groups in total. The molecule has 0 spiro atoms. The summed E-state index contributed by atoms with van der Waals surface area (Å²) in [6.45, 7) is 4.99. The summed E-state index contributed by atoms with van der Waals surface area (Å²) >= 11 is 0. The summed E-state index contributed by atoms with van der Waals surface area (Å²) in [6.07, 6.45) is 0.838. The zero-order valence-electron chi connectivity index (χ0n) is 10.4. The van der Waals surface area contributed by atoms with E-state index in [4.69, 9.17) is 0 Å². The second kappa shape index (κ2) is 6.03. The SMILES string of the molecule is CCc1cccc(C)c1NC(=O)COC(C)=O. The van der Waals surface area contributed by atoms with Crippen molar-refractivity contribution in [3.63, 3.8) is 0 Å². The zero-order chi connectivity index (χ0) is 12.8. The third-order valence-electron chi connectivity index (χ3n) is 2.41. The van der Waals surface area contributed by atoms with Crippen LogP contribution in [0.5, 0.6) is 0 Å². The Bertz CT molecular complexity index is 427. The van der Waals surface area contributed by atoms with Crippen LogP contribution in [0.2, 0.25) is 0 Å². The van der Waals surface area contributed by atoms with Crippen molar-refractivity contribution >= 4 is 17.6 Å². The Labute approximate surface area is 101 Å². The highest BCUT2D eigenvalue weighted by atomic mass is 16.5. The molecule has 0 atom stereocenters. The van der Waals surface area contributed by atoms with E-state index in [2.05, 4.69) is 10.1 Å². The number of anilines is 1. The molecule has 0 heterocycles. The van der Waals surface area contributed by atoms with Gasteiger partial charge in [0.15, 0.2) is 6.61 Å². The number of benzene rings is 1. The lowest BCUT2D eigenvalue weighted by molar-refractivity contribution is -0.144. The summed E-state index contributed by atoms with van der Waals surface area (Å²) in [5.74, 6) is -0.773. The van der Waals surface area contributed by atoms with E-state index in [0.29, 0.717) is 0 Å². The molecule has 0 saturated heterocycles. The number of aryl methyl sites for hydroxylation is 2. The number of nitrogens with one attached hydrogen (secondary N) is 1. The number of hydrogen-bond donors (Lipinski definition) is 1. The molecule has 0 radical (unpaired) electrons. The molecule has 1 aromatic rings. The fourth-order valence-corrected chi connectivity index (χ4v) is 1.54. The Kier molecular flexibility index (Phi) is 4.69. The van der Waals surface area contributed by atoms with E-state index in [0.717, 1.165) is 23.2 Å². The molecule has 0 aromatic heterocycles. The van der Waals surface area contributed by atoms with Crippen molar-refractivity contribution in [1.29, 1.82) is 0 Å². The molecule has 0 saturated carbocycles. The first-order valence-corrected chi connectivity index (χ1v) is 5.56. The number of hydrogen-bond acceptors (Lipinski definition) is 3. The van der Waals surface area contributed by atoms with E-state index in [9.17, 15) is 9.59 Å². The van der Waals surface area contributed by atoms with Crippen molar-refractivity contribution in [3.8, 4) is 0 Å². The first-order valence-electron chi connectivity index (χ1n) is 5.56. The molecule has 0 bridgehead atoms. The molecular weight excluding hydrogens is 218 g/mol. The Morgan fingerprint density at radius 1 is 1.35 bits per heavy atom. The number of esters is 1. The van der Waals surface area contributed by atoms with Crippen molar-refractivity contribution in [3.05, 3.63) is 29.3 Å². The topological polar surface area (TPSA) is 55.4 Å². The molecule has 1 rings (SSSR count). The normalized spacial score (nSPS) is 9.82. The van der Waals surface area contributed by atoms with Crippen LogP contribution in [0.25, 0.3) is 0 Å². The lowest BCUT2D eigenvalue weighted by Gasteiger charge is -2.12. The highest BCUT2D eigenvalue weighted by Gasteiger charge is 2.09. The Balaban J connectivity index is 2.73. The Morgan fingerprint density at radius 3 is 2.65 bits per heavy atom. The summed E-state index contributed by atoms with van der Waals surface area (Å²) in [7, 11) is 0. The minimum atomic E-state index is -0.458. The summed E-state index contributed by atoms with van der Waals surface area (Å²) in [5.41, 5.74) is 2.88. The van der Waals surface area contributed by atoms with Gasteiger partial charge >= 0.3 is 5.97 Å². The van der Waals surface area contributed by atoms with Crippen LogP contribution >= 0.6 is 0 Å². The number of rotatable bonds is 4. The maximum atomic E-state index is 11.5. The lowest BCUT2D eigenvalue weighted by atomic mass is 10.1. The van der Waals surface area contributed by atoms with Gasteiger partial charge in [-0.15, -0.1) is 0 Å². The molecule has 0 aliphatic carbocycles. The van der Waals surface area contributed by atoms with Gasteiger partial charge in [0.25, 0.3) is 5.91 Å². The summed E-state index contributed by atoms with van der Waals surface area (Å²) in [5, 5.41) is 2.77. The predicted molar refractivity (Wildman–Crippen MR) is 65.8 cm³/mol. The van der Waals surface area contributed by atoms with E-state index in [-0.39, 0.29) is 12.5 Å². The Morgan fingerprint density at radius 2 is 2.06 bits per heavy atom. The van der Waals surface area contributed by atoms with Crippen LogP contribution in [0.4, 0.5) is 5.69 Å². The number of carbonyl (C=O) groups excluding carboxylic acids is 2. The van der Waals surface area contributed by atoms with Gasteiger partial charge in [-0.05, 0) is 24.5 Å². The molecule has 1 amide bonds. The first-order chi connectivity index (χ1) is 8.04. The average molecular weight is 235 g/mol. The van der Waals surface area contributed by atoms with Gasteiger partial charge in [0.2, 0.25) is 0 Å². The highest BCUT2D eigenvalue weighted by molar-refractivity contribution is 5.94. The van der Waals surface area contributed by atoms with Crippen molar-refractivity contribution in [2.75, 3.05) is 11.9 Å². The number of amides is 1. The molecule has 92 valence electrons. The van der Waals surface area contributed by atoms with Gasteiger partial charge in [0, 0.05) is 12.6 Å². The number of para-hydroxylation sites is 1. The molecule has 0 unspecified atom stereocenters. The lowest BCUT2D eigenvalue weighted by Crippen LogP contribution is -2.21. The second-order valence-electron chi connectivity index (χ2n) is 3.79. The minimum absolute atomic E-state index is 0.243. The fourth-order valence-electron chi connectivity index (χ4n) is 1.54. The van der Waals surface area contributed by atoms with Gasteiger partial charge in [0.05, 0.1) is 0 Å². The second-order valence-corrected chi connectivity index (χ2v) is 3.79.